The van der Waals surface area contributed by atoms with Crippen molar-refractivity contribution >= 4 is 40.7 Å². The van der Waals surface area contributed by atoms with Crippen LogP contribution in [-0.4, -0.2) is 33.9 Å². The second-order valence-corrected chi connectivity index (χ2v) is 10.8. The summed E-state index contributed by atoms with van der Waals surface area (Å²) in [6.45, 7) is 6.80. The van der Waals surface area contributed by atoms with E-state index in [0.29, 0.717) is 12.3 Å². The number of amides is 2. The Kier molecular flexibility index (Phi) is 6.44. The highest BCUT2D eigenvalue weighted by Gasteiger charge is 2.38. The third kappa shape index (κ3) is 4.61. The van der Waals surface area contributed by atoms with Crippen molar-refractivity contribution in [3.63, 3.8) is 0 Å². The van der Waals surface area contributed by atoms with Gasteiger partial charge in [-0.05, 0) is 28.0 Å². The summed E-state index contributed by atoms with van der Waals surface area (Å²) < 4.78 is 1.77. The molecule has 0 fully saturated rings. The fraction of sp³-hybridized carbons (Fsp3) is 0.375. The molecule has 1 aliphatic rings. The summed E-state index contributed by atoms with van der Waals surface area (Å²) in [6, 6.07) is 11.9. The molecule has 0 radical (unpaired) electrons. The lowest BCUT2D eigenvalue weighted by Gasteiger charge is -2.23. The van der Waals surface area contributed by atoms with Crippen LogP contribution in [0.3, 0.4) is 0 Å². The van der Waals surface area contributed by atoms with Gasteiger partial charge in [0.2, 0.25) is 11.8 Å². The van der Waals surface area contributed by atoms with E-state index in [9.17, 15) is 9.59 Å². The molecule has 1 aromatic carbocycles. The first kappa shape index (κ1) is 22.6. The third-order valence-electron chi connectivity index (χ3n) is 5.44. The summed E-state index contributed by atoms with van der Waals surface area (Å²) in [6.07, 6.45) is 0. The number of nitrogens with zero attached hydrogens (tertiary/aromatic N) is 3. The number of hydrogen-bond donors (Lipinski definition) is 1. The van der Waals surface area contributed by atoms with Crippen molar-refractivity contribution in [2.45, 2.75) is 38.0 Å². The Labute approximate surface area is 197 Å². The Hall–Kier alpha value is -2.58. The van der Waals surface area contributed by atoms with Crippen LogP contribution in [0.15, 0.2) is 47.2 Å². The summed E-state index contributed by atoms with van der Waals surface area (Å²) in [5, 5.41) is 12.0. The van der Waals surface area contributed by atoms with Gasteiger partial charge >= 0.3 is 0 Å². The van der Waals surface area contributed by atoms with Gasteiger partial charge in [0.25, 0.3) is 0 Å². The van der Waals surface area contributed by atoms with Gasteiger partial charge in [-0.3, -0.25) is 19.2 Å². The second kappa shape index (κ2) is 9.11. The summed E-state index contributed by atoms with van der Waals surface area (Å²) >= 11 is 3.26. The number of aromatic nitrogens is 2. The van der Waals surface area contributed by atoms with Crippen molar-refractivity contribution in [2.75, 3.05) is 17.2 Å². The van der Waals surface area contributed by atoms with E-state index in [-0.39, 0.29) is 29.0 Å². The number of aryl methyl sites for hydroxylation is 1. The number of thioether (sulfide) groups is 1. The molecule has 0 saturated heterocycles. The Bertz CT molecular complexity index is 1100. The minimum Gasteiger partial charge on any atom is -0.350 e. The molecule has 4 rings (SSSR count). The van der Waals surface area contributed by atoms with Gasteiger partial charge in [0.15, 0.2) is 0 Å². The molecule has 0 bridgehead atoms. The Balaban J connectivity index is 1.68. The first-order valence-corrected chi connectivity index (χ1v) is 12.6. The van der Waals surface area contributed by atoms with Gasteiger partial charge < -0.3 is 5.32 Å². The quantitative estimate of drug-likeness (QED) is 0.607. The SMILES string of the molecule is Cn1nc(C(C)(C)C)c2c1N(CC(=O)NCc1ccccc1)C(=O)CSC2c1ccsc1. The number of benzene rings is 1. The lowest BCUT2D eigenvalue weighted by atomic mass is 9.87. The summed E-state index contributed by atoms with van der Waals surface area (Å²) in [4.78, 5) is 27.6. The summed E-state index contributed by atoms with van der Waals surface area (Å²) in [7, 11) is 1.86. The molecule has 3 aromatic rings. The van der Waals surface area contributed by atoms with Crippen molar-refractivity contribution < 1.29 is 9.59 Å². The van der Waals surface area contributed by atoms with E-state index in [4.69, 9.17) is 5.10 Å². The predicted octanol–water partition coefficient (Wildman–Crippen LogP) is 4.26. The first-order valence-electron chi connectivity index (χ1n) is 10.6. The molecule has 2 amide bonds. The number of carbonyl (C=O) groups excluding carboxylic acids is 2. The van der Waals surface area contributed by atoms with E-state index in [2.05, 4.69) is 42.9 Å². The van der Waals surface area contributed by atoms with E-state index < -0.39 is 0 Å². The zero-order chi connectivity index (χ0) is 22.9. The number of hydrogen-bond acceptors (Lipinski definition) is 5. The van der Waals surface area contributed by atoms with Gasteiger partial charge in [0.05, 0.1) is 16.7 Å². The molecule has 0 saturated carbocycles. The standard InChI is InChI=1S/C24H28N4O2S2/c1-24(2,3)22-20-21(17-10-11-31-14-17)32-15-19(30)28(23(20)27(4)26-22)13-18(29)25-12-16-8-6-5-7-9-16/h5-11,14,21H,12-13,15H2,1-4H3,(H,25,29). The summed E-state index contributed by atoms with van der Waals surface area (Å²) in [5.74, 6) is 0.763. The normalized spacial score (nSPS) is 16.6. The minimum atomic E-state index is -0.200. The van der Waals surface area contributed by atoms with E-state index in [1.807, 2.05) is 37.4 Å². The molecule has 8 heteroatoms. The van der Waals surface area contributed by atoms with Crippen molar-refractivity contribution in [2.24, 2.45) is 7.05 Å². The zero-order valence-corrected chi connectivity index (χ0v) is 20.4. The van der Waals surface area contributed by atoms with Crippen molar-refractivity contribution in [3.8, 4) is 0 Å². The molecule has 1 unspecified atom stereocenters. The molecule has 0 spiro atoms. The van der Waals surface area contributed by atoms with Crippen LogP contribution in [0.1, 0.15) is 48.4 Å². The average Bonchev–Trinajstić information content (AvgIpc) is 3.37. The Morgan fingerprint density at radius 3 is 2.62 bits per heavy atom. The summed E-state index contributed by atoms with van der Waals surface area (Å²) in [5.41, 5.74) is 3.98. The Morgan fingerprint density at radius 1 is 1.22 bits per heavy atom. The van der Waals surface area contributed by atoms with Gasteiger partial charge in [-0.15, -0.1) is 11.8 Å². The molecule has 168 valence electrons. The van der Waals surface area contributed by atoms with Crippen LogP contribution in [0.4, 0.5) is 5.82 Å². The van der Waals surface area contributed by atoms with Crippen LogP contribution >= 0.6 is 23.1 Å². The number of fused-ring (bicyclic) bond motifs is 1. The van der Waals surface area contributed by atoms with Gasteiger partial charge in [0.1, 0.15) is 12.4 Å². The highest BCUT2D eigenvalue weighted by atomic mass is 32.2. The molecule has 6 nitrogen and oxygen atoms in total. The topological polar surface area (TPSA) is 67.2 Å². The van der Waals surface area contributed by atoms with E-state index in [1.165, 1.54) is 5.56 Å². The largest absolute Gasteiger partial charge is 0.350 e. The lowest BCUT2D eigenvalue weighted by molar-refractivity contribution is -0.123. The number of rotatable bonds is 5. The van der Waals surface area contributed by atoms with Crippen LogP contribution in [0.5, 0.6) is 0 Å². The molecule has 32 heavy (non-hydrogen) atoms. The van der Waals surface area contributed by atoms with Gasteiger partial charge in [-0.25, -0.2) is 0 Å². The lowest BCUT2D eigenvalue weighted by Crippen LogP contribution is -2.42. The third-order valence-corrected chi connectivity index (χ3v) is 7.39. The Morgan fingerprint density at radius 2 is 1.97 bits per heavy atom. The average molecular weight is 469 g/mol. The van der Waals surface area contributed by atoms with Crippen molar-refractivity contribution in [1.29, 1.82) is 0 Å². The highest BCUT2D eigenvalue weighted by molar-refractivity contribution is 8.00. The first-order chi connectivity index (χ1) is 15.3. The molecule has 1 atom stereocenters. The zero-order valence-electron chi connectivity index (χ0n) is 18.8. The van der Waals surface area contributed by atoms with Crippen LogP contribution in [-0.2, 0) is 28.6 Å². The molecule has 1 aliphatic heterocycles. The smallest absolute Gasteiger partial charge is 0.240 e. The second-order valence-electron chi connectivity index (χ2n) is 8.95. The monoisotopic (exact) mass is 468 g/mol. The van der Waals surface area contributed by atoms with Crippen LogP contribution < -0.4 is 10.2 Å². The minimum absolute atomic E-state index is 0.000468. The fourth-order valence-corrected chi connectivity index (χ4v) is 5.89. The van der Waals surface area contributed by atoms with Crippen LogP contribution in [0, 0.1) is 0 Å². The van der Waals surface area contributed by atoms with Crippen LogP contribution in [0.2, 0.25) is 0 Å². The number of thiophene rings is 1. The highest BCUT2D eigenvalue weighted by Crippen LogP contribution is 2.47. The van der Waals surface area contributed by atoms with E-state index >= 15 is 0 Å². The molecule has 1 N–H and O–H groups in total. The maximum atomic E-state index is 13.2. The van der Waals surface area contributed by atoms with Gasteiger partial charge in [0, 0.05) is 24.6 Å². The van der Waals surface area contributed by atoms with Gasteiger partial charge in [-0.1, -0.05) is 51.1 Å². The number of carbonyl (C=O) groups is 2. The predicted molar refractivity (Wildman–Crippen MR) is 131 cm³/mol. The maximum Gasteiger partial charge on any atom is 0.240 e. The van der Waals surface area contributed by atoms with Gasteiger partial charge in [-0.2, -0.15) is 16.4 Å². The molecule has 0 aliphatic carbocycles. The van der Waals surface area contributed by atoms with E-state index in [0.717, 1.165) is 22.6 Å². The maximum absolute atomic E-state index is 13.2. The molecule has 2 aromatic heterocycles. The van der Waals surface area contributed by atoms with E-state index in [1.54, 1.807) is 32.7 Å². The van der Waals surface area contributed by atoms with Crippen molar-refractivity contribution in [3.05, 3.63) is 69.5 Å². The molecular formula is C24H28N4O2S2. The number of nitrogens with one attached hydrogen (secondary N) is 1. The number of anilines is 1. The van der Waals surface area contributed by atoms with Crippen LogP contribution in [0.25, 0.3) is 0 Å². The van der Waals surface area contributed by atoms with Crippen molar-refractivity contribution in [1.82, 2.24) is 15.1 Å². The fourth-order valence-electron chi connectivity index (χ4n) is 3.93. The molecule has 3 heterocycles. The molecular weight excluding hydrogens is 440 g/mol.